The number of benzene rings is 1. The lowest BCUT2D eigenvalue weighted by molar-refractivity contribution is 0.139. The molecular weight excluding hydrogens is 224 g/mol. The van der Waals surface area contributed by atoms with Gasteiger partial charge in [-0.1, -0.05) is 24.8 Å². The van der Waals surface area contributed by atoms with E-state index < -0.39 is 15.7 Å². The molecule has 0 bridgehead atoms. The minimum Gasteiger partial charge on any atom is -0.261 e. The van der Waals surface area contributed by atoms with E-state index in [1.165, 1.54) is 12.1 Å². The molecule has 1 aromatic rings. The lowest BCUT2D eigenvalue weighted by atomic mass is 10.2. The lowest BCUT2D eigenvalue weighted by Gasteiger charge is -2.18. The Balaban J connectivity index is 3.12. The first kappa shape index (κ1) is 12.9. The van der Waals surface area contributed by atoms with Crippen molar-refractivity contribution in [2.45, 2.75) is 31.3 Å². The van der Waals surface area contributed by atoms with Crippen molar-refractivity contribution < 1.29 is 12.6 Å². The largest absolute Gasteiger partial charge is 0.297 e. The molecule has 0 amide bonds. The van der Waals surface area contributed by atoms with Crippen LogP contribution in [0.25, 0.3) is 6.08 Å². The molecule has 0 atom stereocenters. The molecule has 88 valence electrons. The molecule has 0 spiro atoms. The summed E-state index contributed by atoms with van der Waals surface area (Å²) >= 11 is 0. The van der Waals surface area contributed by atoms with Crippen molar-refractivity contribution >= 4 is 16.2 Å². The van der Waals surface area contributed by atoms with Crippen molar-refractivity contribution in [3.8, 4) is 0 Å². The number of hydrogen-bond donors (Lipinski definition) is 0. The van der Waals surface area contributed by atoms with E-state index in [0.29, 0.717) is 0 Å². The van der Waals surface area contributed by atoms with E-state index in [0.717, 1.165) is 5.56 Å². The van der Waals surface area contributed by atoms with Gasteiger partial charge >= 0.3 is 0 Å². The van der Waals surface area contributed by atoms with E-state index in [1.54, 1.807) is 39.0 Å². The van der Waals surface area contributed by atoms with Crippen LogP contribution < -0.4 is 0 Å². The number of rotatable bonds is 3. The van der Waals surface area contributed by atoms with Crippen LogP contribution in [0.4, 0.5) is 0 Å². The highest BCUT2D eigenvalue weighted by Gasteiger charge is 2.23. The second-order valence-electron chi connectivity index (χ2n) is 4.43. The topological polar surface area (TPSA) is 43.4 Å². The van der Waals surface area contributed by atoms with E-state index >= 15 is 0 Å². The molecule has 16 heavy (non-hydrogen) atoms. The maximum absolute atomic E-state index is 11.9. The number of hydrogen-bond acceptors (Lipinski definition) is 3. The van der Waals surface area contributed by atoms with Crippen LogP contribution in [0, 0.1) is 0 Å². The maximum atomic E-state index is 11.9. The Hall–Kier alpha value is -1.13. The van der Waals surface area contributed by atoms with Gasteiger partial charge in [0.25, 0.3) is 10.1 Å². The minimum absolute atomic E-state index is 0.153. The fraction of sp³-hybridized carbons (Fsp3) is 0.333. The third-order valence-electron chi connectivity index (χ3n) is 1.74. The molecular formula is C12H16O3S. The molecule has 0 fully saturated rings. The monoisotopic (exact) mass is 240 g/mol. The highest BCUT2D eigenvalue weighted by molar-refractivity contribution is 7.86. The highest BCUT2D eigenvalue weighted by atomic mass is 32.2. The Kier molecular flexibility index (Phi) is 3.55. The molecule has 0 radical (unpaired) electrons. The zero-order valence-corrected chi connectivity index (χ0v) is 10.5. The van der Waals surface area contributed by atoms with Crippen molar-refractivity contribution in [3.05, 3.63) is 36.4 Å². The molecule has 3 nitrogen and oxygen atoms in total. The van der Waals surface area contributed by atoms with Crippen LogP contribution in [-0.4, -0.2) is 14.0 Å². The quantitative estimate of drug-likeness (QED) is 0.763. The maximum Gasteiger partial charge on any atom is 0.297 e. The molecule has 0 aliphatic carbocycles. The molecule has 0 aromatic heterocycles. The van der Waals surface area contributed by atoms with Crippen LogP contribution in [0.15, 0.2) is 35.7 Å². The zero-order chi connectivity index (χ0) is 12.4. The van der Waals surface area contributed by atoms with E-state index in [2.05, 4.69) is 6.58 Å². The van der Waals surface area contributed by atoms with Gasteiger partial charge in [-0.3, -0.25) is 4.18 Å². The van der Waals surface area contributed by atoms with Crippen LogP contribution in [0.2, 0.25) is 0 Å². The Morgan fingerprint density at radius 3 is 2.44 bits per heavy atom. The van der Waals surface area contributed by atoms with E-state index in [4.69, 9.17) is 4.18 Å². The van der Waals surface area contributed by atoms with Gasteiger partial charge in [-0.05, 0) is 38.5 Å². The summed E-state index contributed by atoms with van der Waals surface area (Å²) in [6, 6.07) is 6.49. The second-order valence-corrected chi connectivity index (χ2v) is 5.97. The fourth-order valence-corrected chi connectivity index (χ4v) is 2.45. The van der Waals surface area contributed by atoms with Gasteiger partial charge in [0.1, 0.15) is 0 Å². The van der Waals surface area contributed by atoms with Gasteiger partial charge in [-0.15, -0.1) is 0 Å². The first-order valence-electron chi connectivity index (χ1n) is 4.93. The summed E-state index contributed by atoms with van der Waals surface area (Å²) in [6.07, 6.45) is 1.59. The SMILES string of the molecule is C=Cc1cccc(S(=O)(=O)OC(C)(C)C)c1. The minimum atomic E-state index is -3.70. The molecule has 0 aliphatic rings. The molecule has 4 heteroatoms. The molecule has 0 aliphatic heterocycles. The van der Waals surface area contributed by atoms with Crippen molar-refractivity contribution in [1.82, 2.24) is 0 Å². The third-order valence-corrected chi connectivity index (χ3v) is 3.29. The summed E-state index contributed by atoms with van der Waals surface area (Å²) < 4.78 is 28.8. The molecule has 1 rings (SSSR count). The second kappa shape index (κ2) is 4.39. The van der Waals surface area contributed by atoms with Crippen LogP contribution in [-0.2, 0) is 14.3 Å². The van der Waals surface area contributed by atoms with Crippen LogP contribution >= 0.6 is 0 Å². The Bertz CT molecular complexity index is 481. The van der Waals surface area contributed by atoms with E-state index in [-0.39, 0.29) is 4.90 Å². The van der Waals surface area contributed by atoms with E-state index in [1.807, 2.05) is 0 Å². The predicted octanol–water partition coefficient (Wildman–Crippen LogP) is 2.83. The molecule has 0 saturated carbocycles. The smallest absolute Gasteiger partial charge is 0.261 e. The molecule has 0 heterocycles. The normalized spacial score (nSPS) is 12.4. The van der Waals surface area contributed by atoms with Crippen LogP contribution in [0.5, 0.6) is 0 Å². The van der Waals surface area contributed by atoms with Gasteiger partial charge in [0.2, 0.25) is 0 Å². The van der Waals surface area contributed by atoms with Gasteiger partial charge in [0.05, 0.1) is 10.5 Å². The first-order chi connectivity index (χ1) is 7.24. The van der Waals surface area contributed by atoms with Gasteiger partial charge in [0.15, 0.2) is 0 Å². The van der Waals surface area contributed by atoms with Crippen molar-refractivity contribution in [2.75, 3.05) is 0 Å². The summed E-state index contributed by atoms with van der Waals surface area (Å²) in [5.74, 6) is 0. The van der Waals surface area contributed by atoms with Crippen molar-refractivity contribution in [3.63, 3.8) is 0 Å². The van der Waals surface area contributed by atoms with E-state index in [9.17, 15) is 8.42 Å². The van der Waals surface area contributed by atoms with Crippen LogP contribution in [0.3, 0.4) is 0 Å². The lowest BCUT2D eigenvalue weighted by Crippen LogP contribution is -2.24. The van der Waals surface area contributed by atoms with Gasteiger partial charge in [0, 0.05) is 0 Å². The van der Waals surface area contributed by atoms with Gasteiger partial charge < -0.3 is 0 Å². The fourth-order valence-electron chi connectivity index (χ4n) is 1.17. The summed E-state index contributed by atoms with van der Waals surface area (Å²) in [7, 11) is -3.70. The summed E-state index contributed by atoms with van der Waals surface area (Å²) in [5, 5.41) is 0. The summed E-state index contributed by atoms with van der Waals surface area (Å²) in [4.78, 5) is 0.153. The summed E-state index contributed by atoms with van der Waals surface area (Å²) in [6.45, 7) is 8.68. The molecule has 0 saturated heterocycles. The standard InChI is InChI=1S/C12H16O3S/c1-5-10-7-6-8-11(9-10)16(13,14)15-12(2,3)4/h5-9H,1H2,2-4H3. The summed E-state index contributed by atoms with van der Waals surface area (Å²) in [5.41, 5.74) is 0.0156. The zero-order valence-electron chi connectivity index (χ0n) is 9.73. The predicted molar refractivity (Wildman–Crippen MR) is 64.6 cm³/mol. The van der Waals surface area contributed by atoms with Gasteiger partial charge in [-0.25, -0.2) is 0 Å². The highest BCUT2D eigenvalue weighted by Crippen LogP contribution is 2.20. The van der Waals surface area contributed by atoms with Crippen molar-refractivity contribution in [1.29, 1.82) is 0 Å². The average molecular weight is 240 g/mol. The van der Waals surface area contributed by atoms with Crippen molar-refractivity contribution in [2.24, 2.45) is 0 Å². The Morgan fingerprint density at radius 2 is 1.94 bits per heavy atom. The van der Waals surface area contributed by atoms with Crippen LogP contribution in [0.1, 0.15) is 26.3 Å². The average Bonchev–Trinajstić information content (AvgIpc) is 2.14. The first-order valence-corrected chi connectivity index (χ1v) is 6.33. The molecule has 1 aromatic carbocycles. The Labute approximate surface area is 96.9 Å². The third kappa shape index (κ3) is 3.47. The van der Waals surface area contributed by atoms with Gasteiger partial charge in [-0.2, -0.15) is 8.42 Å². The molecule has 0 unspecified atom stereocenters. The molecule has 0 N–H and O–H groups in total. The Morgan fingerprint density at radius 1 is 1.31 bits per heavy atom.